The van der Waals surface area contributed by atoms with Crippen molar-refractivity contribution < 1.29 is 34.5 Å². The van der Waals surface area contributed by atoms with E-state index in [9.17, 15) is 0 Å². The van der Waals surface area contributed by atoms with Crippen LogP contribution in [0, 0.1) is 7.14 Å². The van der Waals surface area contributed by atoms with Gasteiger partial charge in [-0.05, 0) is 35.7 Å². The van der Waals surface area contributed by atoms with Gasteiger partial charge in [0.15, 0.2) is 5.58 Å². The van der Waals surface area contributed by atoms with Crippen molar-refractivity contribution in [3.05, 3.63) is 231 Å². The molecule has 79 heavy (non-hydrogen) atoms. The molecule has 0 unspecified atom stereocenters. The summed E-state index contributed by atoms with van der Waals surface area (Å²) in [6, 6.07) is 78.0. The fourth-order valence-corrected chi connectivity index (χ4v) is 16.3. The Balaban J connectivity index is 1.06. The van der Waals surface area contributed by atoms with Crippen molar-refractivity contribution in [3.8, 4) is 11.1 Å². The van der Waals surface area contributed by atoms with E-state index in [0.717, 1.165) is 132 Å². The number of halogens is 1. The van der Waals surface area contributed by atoms with Gasteiger partial charge in [-0.2, -0.15) is 0 Å². The van der Waals surface area contributed by atoms with Crippen molar-refractivity contribution in [1.29, 1.82) is 0 Å². The number of benzene rings is 11. The Labute approximate surface area is 464 Å². The Hall–Kier alpha value is -9.05. The number of aromatic nitrogens is 1. The molecular formula is C72H49IN3O3-. The first-order chi connectivity index (χ1) is 38.9. The van der Waals surface area contributed by atoms with Gasteiger partial charge in [-0.1, -0.05) is 68.4 Å². The summed E-state index contributed by atoms with van der Waals surface area (Å²) in [7, 11) is 0. The minimum absolute atomic E-state index is 0.368. The molecule has 11 aromatic carbocycles. The first-order valence-corrected chi connectivity index (χ1v) is 29.5. The first-order valence-electron chi connectivity index (χ1n) is 27.3. The number of hydrogen-bond donors (Lipinski definition) is 0. The number of rotatable bonds is 8. The van der Waals surface area contributed by atoms with Crippen LogP contribution in [0.1, 0.15) is 50.7 Å². The molecule has 378 valence electrons. The molecule has 1 aliphatic heterocycles. The van der Waals surface area contributed by atoms with Gasteiger partial charge in [-0.15, -0.1) is 0 Å². The molecule has 0 saturated carbocycles. The zero-order valence-corrected chi connectivity index (χ0v) is 46.0. The molecule has 0 saturated heterocycles. The maximum atomic E-state index is 7.29. The molecule has 0 atom stereocenters. The third-order valence-corrected chi connectivity index (χ3v) is 20.0. The molecule has 5 aromatic heterocycles. The molecule has 0 radical (unpaired) electrons. The van der Waals surface area contributed by atoms with Gasteiger partial charge >= 0.3 is 337 Å². The van der Waals surface area contributed by atoms with Gasteiger partial charge in [0.2, 0.25) is 0 Å². The predicted octanol–water partition coefficient (Wildman–Crippen LogP) is 17.8. The zero-order valence-electron chi connectivity index (χ0n) is 43.8. The topological polar surface area (TPSA) is 50.3 Å². The fourth-order valence-electron chi connectivity index (χ4n) is 13.1. The Morgan fingerprint density at radius 2 is 0.785 bits per heavy atom. The molecule has 16 aromatic rings. The first kappa shape index (κ1) is 45.0. The Kier molecular flexibility index (Phi) is 9.53. The van der Waals surface area contributed by atoms with Crippen LogP contribution >= 0.6 is 0 Å². The summed E-state index contributed by atoms with van der Waals surface area (Å²) in [5, 5.41) is 10.8. The number of anilines is 6. The number of fused-ring (bicyclic) bond motifs is 20. The summed E-state index contributed by atoms with van der Waals surface area (Å²) in [6.07, 6.45) is 0. The van der Waals surface area contributed by atoms with Crippen LogP contribution < -0.4 is 31.0 Å². The summed E-state index contributed by atoms with van der Waals surface area (Å²) in [6.45, 7) is 9.05. The monoisotopic (exact) mass is 1130 g/mol. The Bertz CT molecular complexity index is 5190. The Morgan fingerprint density at radius 1 is 0.354 bits per heavy atom. The van der Waals surface area contributed by atoms with Crippen molar-refractivity contribution >= 4 is 138 Å². The van der Waals surface area contributed by atoms with E-state index in [0.29, 0.717) is 11.8 Å². The average Bonchev–Trinajstić information content (AvgIpc) is 4.35. The molecule has 1 aliphatic rings. The zero-order chi connectivity index (χ0) is 52.4. The van der Waals surface area contributed by atoms with Crippen LogP contribution in [0.15, 0.2) is 226 Å². The van der Waals surface area contributed by atoms with Crippen molar-refractivity contribution in [2.75, 3.05) is 9.80 Å². The molecule has 7 heteroatoms. The molecule has 6 nitrogen and oxygen atoms in total. The standard InChI is InChI=1S/C72H49IN3O3/c1-40(2)42-30-34-44(35-31-42)74(57-25-14-20-50-46-16-5-9-24-56(46)73-66(50)57)59-38-54-48-18-7-11-28-62(48)78-71(54)68-64(59)52-22-13-23-53-65-60(39-55-49-19-8-12-29-63(49)79-72(55)69(65)76(68)67(52)53)75(45-36-32-43(33-37-45)41(3)4)58-26-15-21-51-47-17-6-10-27-61(47)77-70(51)58/h5-41H,1-4H3/q-1. The fraction of sp³-hybridized carbons (Fsp3) is 0.0833. The summed E-state index contributed by atoms with van der Waals surface area (Å²) < 4.78 is 26.9. The van der Waals surface area contributed by atoms with E-state index in [1.807, 2.05) is 0 Å². The second-order valence-electron chi connectivity index (χ2n) is 21.9. The Morgan fingerprint density at radius 3 is 1.35 bits per heavy atom. The third kappa shape index (κ3) is 6.33. The normalized spacial score (nSPS) is 12.8. The van der Waals surface area contributed by atoms with E-state index in [2.05, 4.69) is 254 Å². The summed E-state index contributed by atoms with van der Waals surface area (Å²) >= 11 is -0.505. The van der Waals surface area contributed by atoms with Gasteiger partial charge in [0, 0.05) is 10.8 Å². The molecule has 0 aliphatic carbocycles. The van der Waals surface area contributed by atoms with Crippen LogP contribution in [0.25, 0.3) is 115 Å². The summed E-state index contributed by atoms with van der Waals surface area (Å²) in [4.78, 5) is 5.00. The molecule has 6 heterocycles. The van der Waals surface area contributed by atoms with Crippen LogP contribution in [0.2, 0.25) is 0 Å². The van der Waals surface area contributed by atoms with E-state index in [-0.39, 0.29) is 0 Å². The summed E-state index contributed by atoms with van der Waals surface area (Å²) in [5.41, 5.74) is 19.8. The molecule has 0 fully saturated rings. The van der Waals surface area contributed by atoms with Crippen molar-refractivity contribution in [2.45, 2.75) is 39.5 Å². The van der Waals surface area contributed by atoms with Crippen LogP contribution in [0.5, 0.6) is 0 Å². The van der Waals surface area contributed by atoms with E-state index in [4.69, 9.17) is 13.3 Å². The second-order valence-corrected chi connectivity index (χ2v) is 24.6. The van der Waals surface area contributed by atoms with E-state index in [1.54, 1.807) is 0 Å². The molecule has 0 amide bonds. The maximum absolute atomic E-state index is 7.29. The number of para-hydroxylation sites is 5. The molecular weight excluding hydrogens is 1080 g/mol. The van der Waals surface area contributed by atoms with Gasteiger partial charge in [-0.3, -0.25) is 0 Å². The van der Waals surface area contributed by atoms with Crippen LogP contribution in [-0.2, 0) is 0 Å². The van der Waals surface area contributed by atoms with E-state index >= 15 is 0 Å². The van der Waals surface area contributed by atoms with E-state index < -0.39 is 21.2 Å². The van der Waals surface area contributed by atoms with Crippen LogP contribution in [0.4, 0.5) is 34.1 Å². The van der Waals surface area contributed by atoms with Gasteiger partial charge in [0.1, 0.15) is 5.58 Å². The molecule has 0 bridgehead atoms. The quantitative estimate of drug-likeness (QED) is 0.142. The number of nitrogens with zero attached hydrogens (tertiary/aromatic N) is 3. The van der Waals surface area contributed by atoms with Crippen molar-refractivity contribution in [3.63, 3.8) is 0 Å². The molecule has 17 rings (SSSR count). The van der Waals surface area contributed by atoms with Crippen LogP contribution in [-0.4, -0.2) is 4.40 Å². The van der Waals surface area contributed by atoms with Crippen molar-refractivity contribution in [2.24, 2.45) is 0 Å². The van der Waals surface area contributed by atoms with Crippen molar-refractivity contribution in [1.82, 2.24) is 4.40 Å². The number of hydrogen-bond acceptors (Lipinski definition) is 5. The predicted molar refractivity (Wildman–Crippen MR) is 323 cm³/mol. The summed E-state index contributed by atoms with van der Waals surface area (Å²) in [5.74, 6) is 0.757. The van der Waals surface area contributed by atoms with Gasteiger partial charge < -0.3 is 4.42 Å². The number of furan rings is 3. The third-order valence-electron chi connectivity index (χ3n) is 16.8. The molecule has 0 spiro atoms. The van der Waals surface area contributed by atoms with Gasteiger partial charge in [-0.25, -0.2) is 0 Å². The average molecular weight is 1130 g/mol. The van der Waals surface area contributed by atoms with Gasteiger partial charge in [0.25, 0.3) is 0 Å². The second kappa shape index (κ2) is 16.7. The molecule has 0 N–H and O–H groups in total. The van der Waals surface area contributed by atoms with Gasteiger partial charge in [0.05, 0.1) is 0 Å². The SMILES string of the molecule is CC(C)c1ccc(N(c2cccc3c2[I-]c2ccccc2-3)c2cc3c4ccccc4oc3c3c2c2cccc4c5c(N(c6ccc(C(C)C)cc6)c6cccc7c6oc6ccccc67)cc6c7ccccc7oc6c5n3c24)cc1. The van der Waals surface area contributed by atoms with E-state index in [1.165, 1.54) is 35.1 Å². The van der Waals surface area contributed by atoms with Crippen LogP contribution in [0.3, 0.4) is 0 Å². The minimum atomic E-state index is -0.505.